The van der Waals surface area contributed by atoms with Crippen molar-refractivity contribution in [2.75, 3.05) is 18.0 Å². The third-order valence-corrected chi connectivity index (χ3v) is 8.37. The van der Waals surface area contributed by atoms with Crippen LogP contribution in [0.4, 0.5) is 5.69 Å². The van der Waals surface area contributed by atoms with Gasteiger partial charge in [0.25, 0.3) is 10.0 Å². The molecule has 0 heterocycles. The molecule has 1 N–H and O–H groups in total. The van der Waals surface area contributed by atoms with Crippen molar-refractivity contribution in [3.63, 3.8) is 0 Å². The summed E-state index contributed by atoms with van der Waals surface area (Å²) in [5, 5.41) is 3.32. The molecule has 3 rings (SSSR count). The molecule has 40 heavy (non-hydrogen) atoms. The van der Waals surface area contributed by atoms with Gasteiger partial charge in [-0.15, -0.1) is 0 Å². The van der Waals surface area contributed by atoms with Crippen molar-refractivity contribution in [3.05, 3.63) is 88.9 Å². The highest BCUT2D eigenvalue weighted by Gasteiger charge is 2.33. The second-order valence-corrected chi connectivity index (χ2v) is 12.1. The minimum atomic E-state index is -4.14. The van der Waals surface area contributed by atoms with Crippen molar-refractivity contribution in [2.24, 2.45) is 0 Å². The van der Waals surface area contributed by atoms with Crippen LogP contribution in [0.15, 0.2) is 77.7 Å². The van der Waals surface area contributed by atoms with E-state index in [1.807, 2.05) is 39.8 Å². The van der Waals surface area contributed by atoms with Gasteiger partial charge >= 0.3 is 0 Å². The molecule has 1 unspecified atom stereocenters. The molecular weight excluding hydrogens is 550 g/mol. The normalized spacial score (nSPS) is 12.1. The number of carbonyl (C=O) groups excluding carboxylic acids is 2. The van der Waals surface area contributed by atoms with Crippen LogP contribution < -0.4 is 14.4 Å². The number of amides is 2. The molecule has 0 aliphatic heterocycles. The van der Waals surface area contributed by atoms with E-state index in [1.165, 1.54) is 17.0 Å². The number of carbonyl (C=O) groups is 2. The summed E-state index contributed by atoms with van der Waals surface area (Å²) in [7, 11) is -2.58. The third kappa shape index (κ3) is 7.76. The van der Waals surface area contributed by atoms with E-state index in [0.717, 1.165) is 15.4 Å². The molecule has 0 radical (unpaired) electrons. The summed E-state index contributed by atoms with van der Waals surface area (Å²) in [6.07, 6.45) is 0.339. The molecule has 8 nitrogen and oxygen atoms in total. The Kier molecular flexibility index (Phi) is 10.6. The molecule has 3 aromatic carbocycles. The fourth-order valence-electron chi connectivity index (χ4n) is 4.20. The molecule has 0 bridgehead atoms. The molecule has 0 aliphatic rings. The molecule has 0 aliphatic carbocycles. The van der Waals surface area contributed by atoms with Gasteiger partial charge < -0.3 is 15.0 Å². The van der Waals surface area contributed by atoms with E-state index >= 15 is 0 Å². The number of hydrogen-bond acceptors (Lipinski definition) is 5. The zero-order chi connectivity index (χ0) is 29.4. The summed E-state index contributed by atoms with van der Waals surface area (Å²) in [6, 6.07) is 18.9. The third-order valence-electron chi connectivity index (χ3n) is 6.33. The van der Waals surface area contributed by atoms with Crippen molar-refractivity contribution in [2.45, 2.75) is 57.6 Å². The van der Waals surface area contributed by atoms with Crippen LogP contribution in [0, 0.1) is 6.92 Å². The highest BCUT2D eigenvalue weighted by Crippen LogP contribution is 2.26. The van der Waals surface area contributed by atoms with Gasteiger partial charge in [-0.1, -0.05) is 48.4 Å². The number of nitrogens with zero attached hydrogens (tertiary/aromatic N) is 2. The Hall–Kier alpha value is -3.56. The second kappa shape index (κ2) is 13.7. The maximum absolute atomic E-state index is 14.0. The molecule has 0 spiro atoms. The van der Waals surface area contributed by atoms with Gasteiger partial charge in [-0.05, 0) is 81.3 Å². The molecule has 0 saturated heterocycles. The van der Waals surface area contributed by atoms with Crippen LogP contribution in [0.2, 0.25) is 5.02 Å². The quantitative estimate of drug-likeness (QED) is 0.316. The standard InChI is InChI=1S/C30H36ClN3O5S/c1-6-28(30(36)32-21(2)3)33(19-23-9-15-26(39-5)16-10-23)29(35)20-34(25-13-11-24(31)12-14-25)40(37,38)27-17-7-22(4)8-18-27/h7-18,21,28H,6,19-20H2,1-5H3,(H,32,36). The summed E-state index contributed by atoms with van der Waals surface area (Å²) >= 11 is 6.07. The van der Waals surface area contributed by atoms with Crippen LogP contribution in [0.25, 0.3) is 0 Å². The fraction of sp³-hybridized carbons (Fsp3) is 0.333. The van der Waals surface area contributed by atoms with Crippen LogP contribution in [0.1, 0.15) is 38.3 Å². The van der Waals surface area contributed by atoms with Gasteiger partial charge in [0.1, 0.15) is 18.3 Å². The number of hydrogen-bond donors (Lipinski definition) is 1. The SMILES string of the molecule is CCC(C(=O)NC(C)C)N(Cc1ccc(OC)cc1)C(=O)CN(c1ccc(Cl)cc1)S(=O)(=O)c1ccc(C)cc1. The Morgan fingerprint density at radius 3 is 2.08 bits per heavy atom. The molecule has 214 valence electrons. The lowest BCUT2D eigenvalue weighted by atomic mass is 10.1. The first-order valence-electron chi connectivity index (χ1n) is 13.0. The van der Waals surface area contributed by atoms with Crippen molar-refractivity contribution in [1.82, 2.24) is 10.2 Å². The minimum Gasteiger partial charge on any atom is -0.497 e. The average Bonchev–Trinajstić information content (AvgIpc) is 2.92. The van der Waals surface area contributed by atoms with Crippen LogP contribution in [0.5, 0.6) is 5.75 Å². The number of methoxy groups -OCH3 is 1. The number of halogens is 1. The van der Waals surface area contributed by atoms with Gasteiger partial charge in [0, 0.05) is 17.6 Å². The van der Waals surface area contributed by atoms with E-state index in [0.29, 0.717) is 17.2 Å². The first kappa shape index (κ1) is 31.0. The number of sulfonamides is 1. The predicted molar refractivity (Wildman–Crippen MR) is 158 cm³/mol. The smallest absolute Gasteiger partial charge is 0.264 e. The Morgan fingerprint density at radius 2 is 1.55 bits per heavy atom. The lowest BCUT2D eigenvalue weighted by Crippen LogP contribution is -2.53. The molecule has 0 saturated carbocycles. The first-order chi connectivity index (χ1) is 19.0. The topological polar surface area (TPSA) is 96.0 Å². The second-order valence-electron chi connectivity index (χ2n) is 9.76. The predicted octanol–water partition coefficient (Wildman–Crippen LogP) is 5.18. The summed E-state index contributed by atoms with van der Waals surface area (Å²) in [4.78, 5) is 28.7. The highest BCUT2D eigenvalue weighted by molar-refractivity contribution is 7.92. The van der Waals surface area contributed by atoms with Crippen LogP contribution in [-0.2, 0) is 26.2 Å². The van der Waals surface area contributed by atoms with Crippen LogP contribution >= 0.6 is 11.6 Å². The van der Waals surface area contributed by atoms with Crippen LogP contribution in [-0.4, -0.2) is 50.9 Å². The lowest BCUT2D eigenvalue weighted by Gasteiger charge is -2.33. The number of nitrogens with one attached hydrogen (secondary N) is 1. The molecule has 3 aromatic rings. The van der Waals surface area contributed by atoms with Gasteiger partial charge in [-0.25, -0.2) is 8.42 Å². The van der Waals surface area contributed by atoms with E-state index < -0.39 is 28.5 Å². The van der Waals surface area contributed by atoms with Crippen LogP contribution in [0.3, 0.4) is 0 Å². The van der Waals surface area contributed by atoms with Crippen molar-refractivity contribution in [1.29, 1.82) is 0 Å². The Labute approximate surface area is 241 Å². The monoisotopic (exact) mass is 585 g/mol. The van der Waals surface area contributed by atoms with E-state index in [1.54, 1.807) is 55.6 Å². The Bertz CT molecular complexity index is 1390. The summed E-state index contributed by atoms with van der Waals surface area (Å²) in [6.45, 7) is 6.96. The number of rotatable bonds is 12. The van der Waals surface area contributed by atoms with Crippen molar-refractivity contribution in [3.8, 4) is 5.75 Å². The Balaban J connectivity index is 2.05. The summed E-state index contributed by atoms with van der Waals surface area (Å²) in [5.41, 5.74) is 1.95. The highest BCUT2D eigenvalue weighted by atomic mass is 35.5. The largest absolute Gasteiger partial charge is 0.497 e. The minimum absolute atomic E-state index is 0.0483. The number of aryl methyl sites for hydroxylation is 1. The van der Waals surface area contributed by atoms with E-state index in [-0.39, 0.29) is 29.1 Å². The lowest BCUT2D eigenvalue weighted by molar-refractivity contribution is -0.140. The van der Waals surface area contributed by atoms with E-state index in [2.05, 4.69) is 5.32 Å². The van der Waals surface area contributed by atoms with Gasteiger partial charge in [-0.2, -0.15) is 0 Å². The van der Waals surface area contributed by atoms with E-state index in [4.69, 9.17) is 16.3 Å². The number of anilines is 1. The molecule has 2 amide bonds. The number of ether oxygens (including phenoxy) is 1. The van der Waals surface area contributed by atoms with Gasteiger partial charge in [0.05, 0.1) is 17.7 Å². The number of benzene rings is 3. The molecule has 1 atom stereocenters. The summed E-state index contributed by atoms with van der Waals surface area (Å²) < 4.78 is 34.0. The van der Waals surface area contributed by atoms with Gasteiger partial charge in [-0.3, -0.25) is 13.9 Å². The first-order valence-corrected chi connectivity index (χ1v) is 14.9. The average molecular weight is 586 g/mol. The molecule has 10 heteroatoms. The van der Waals surface area contributed by atoms with Crippen molar-refractivity contribution >= 4 is 39.1 Å². The van der Waals surface area contributed by atoms with Gasteiger partial charge in [0.15, 0.2) is 0 Å². The van der Waals surface area contributed by atoms with E-state index in [9.17, 15) is 18.0 Å². The van der Waals surface area contributed by atoms with Gasteiger partial charge in [0.2, 0.25) is 11.8 Å². The zero-order valence-corrected chi connectivity index (χ0v) is 25.0. The molecule has 0 aromatic heterocycles. The fourth-order valence-corrected chi connectivity index (χ4v) is 5.74. The maximum atomic E-state index is 14.0. The molecule has 0 fully saturated rings. The molecular formula is C30H36ClN3O5S. The zero-order valence-electron chi connectivity index (χ0n) is 23.4. The Morgan fingerprint density at radius 1 is 0.950 bits per heavy atom. The summed E-state index contributed by atoms with van der Waals surface area (Å²) in [5.74, 6) is -0.171. The maximum Gasteiger partial charge on any atom is 0.264 e. The van der Waals surface area contributed by atoms with Crippen molar-refractivity contribution < 1.29 is 22.7 Å².